The first kappa shape index (κ1) is 15.7. The van der Waals surface area contributed by atoms with Crippen LogP contribution in [0.25, 0.3) is 0 Å². The molecule has 3 amide bonds. The van der Waals surface area contributed by atoms with Crippen molar-refractivity contribution in [3.05, 3.63) is 34.8 Å². The molecule has 0 spiro atoms. The molecule has 1 aromatic rings. The van der Waals surface area contributed by atoms with Gasteiger partial charge in [0, 0.05) is 17.8 Å². The minimum Gasteiger partial charge on any atom is -0.496 e. The van der Waals surface area contributed by atoms with Gasteiger partial charge in [-0.05, 0) is 34.1 Å². The van der Waals surface area contributed by atoms with E-state index in [1.54, 1.807) is 18.2 Å². The Morgan fingerprint density at radius 2 is 2.00 bits per heavy atom. The molecule has 8 heteroatoms. The normalized spacial score (nSPS) is 10.1. The largest absolute Gasteiger partial charge is 0.496 e. The molecule has 1 aromatic carbocycles. The van der Waals surface area contributed by atoms with Gasteiger partial charge in [0.25, 0.3) is 5.91 Å². The molecule has 0 aliphatic carbocycles. The first-order valence-electron chi connectivity index (χ1n) is 5.29. The highest BCUT2D eigenvalue weighted by Gasteiger charge is 2.07. The molecule has 106 valence electrons. The Labute approximate surface area is 122 Å². The van der Waals surface area contributed by atoms with Crippen LogP contribution in [-0.2, 0) is 9.59 Å². The number of methoxy groups -OCH3 is 1. The van der Waals surface area contributed by atoms with Crippen molar-refractivity contribution in [3.8, 4) is 5.75 Å². The molecular formula is C12H11BrN2O5. The van der Waals surface area contributed by atoms with Gasteiger partial charge in [-0.2, -0.15) is 0 Å². The number of rotatable bonds is 4. The summed E-state index contributed by atoms with van der Waals surface area (Å²) in [5.41, 5.74) is 0.435. The monoisotopic (exact) mass is 342 g/mol. The topological polar surface area (TPSA) is 105 Å². The van der Waals surface area contributed by atoms with E-state index in [-0.39, 0.29) is 0 Å². The molecule has 0 aromatic heterocycles. The predicted molar refractivity (Wildman–Crippen MR) is 74.6 cm³/mol. The maximum absolute atomic E-state index is 11.5. The number of amides is 3. The van der Waals surface area contributed by atoms with Crippen molar-refractivity contribution in [2.45, 2.75) is 0 Å². The fraction of sp³-hybridized carbons (Fsp3) is 0.0833. The molecule has 0 bridgehead atoms. The van der Waals surface area contributed by atoms with E-state index < -0.39 is 17.9 Å². The van der Waals surface area contributed by atoms with Gasteiger partial charge >= 0.3 is 12.0 Å². The number of anilines is 1. The van der Waals surface area contributed by atoms with Crippen LogP contribution in [0.15, 0.2) is 34.8 Å². The molecule has 1 rings (SSSR count). The summed E-state index contributed by atoms with van der Waals surface area (Å²) in [5.74, 6) is -1.52. The number of nitrogens with one attached hydrogen (secondary N) is 2. The van der Waals surface area contributed by atoms with Gasteiger partial charge in [0.05, 0.1) is 11.6 Å². The number of ether oxygens (including phenoxy) is 1. The second kappa shape index (κ2) is 7.29. The summed E-state index contributed by atoms with van der Waals surface area (Å²) in [6, 6.07) is 4.03. The second-order valence-electron chi connectivity index (χ2n) is 3.46. The maximum atomic E-state index is 11.5. The zero-order valence-electron chi connectivity index (χ0n) is 10.3. The summed E-state index contributed by atoms with van der Waals surface area (Å²) in [6.07, 6.45) is 1.37. The maximum Gasteiger partial charge on any atom is 0.328 e. The van der Waals surface area contributed by atoms with Gasteiger partial charge in [0.15, 0.2) is 0 Å². The van der Waals surface area contributed by atoms with Crippen molar-refractivity contribution in [3.63, 3.8) is 0 Å². The first-order chi connectivity index (χ1) is 9.42. The molecular weight excluding hydrogens is 332 g/mol. The van der Waals surface area contributed by atoms with E-state index in [9.17, 15) is 14.4 Å². The summed E-state index contributed by atoms with van der Waals surface area (Å²) in [5, 5.41) is 12.7. The number of carbonyl (C=O) groups is 3. The Morgan fingerprint density at radius 3 is 2.55 bits per heavy atom. The van der Waals surface area contributed by atoms with Gasteiger partial charge in [-0.15, -0.1) is 0 Å². The van der Waals surface area contributed by atoms with E-state index in [1.807, 2.05) is 5.32 Å². The SMILES string of the molecule is COc1ccc(NC(=O)NC(=O)C=CC(=O)O)cc1Br. The van der Waals surface area contributed by atoms with E-state index >= 15 is 0 Å². The van der Waals surface area contributed by atoms with Crippen LogP contribution in [0.4, 0.5) is 10.5 Å². The lowest BCUT2D eigenvalue weighted by atomic mass is 10.3. The number of carboxylic acid groups (broad SMARTS) is 1. The average molecular weight is 343 g/mol. The third-order valence-electron chi connectivity index (χ3n) is 2.02. The number of carbonyl (C=O) groups excluding carboxylic acids is 2. The van der Waals surface area contributed by atoms with Crippen LogP contribution in [0.3, 0.4) is 0 Å². The van der Waals surface area contributed by atoms with Crippen molar-refractivity contribution < 1.29 is 24.2 Å². The molecule has 20 heavy (non-hydrogen) atoms. The number of benzene rings is 1. The van der Waals surface area contributed by atoms with Crippen molar-refractivity contribution in [2.24, 2.45) is 0 Å². The summed E-state index contributed by atoms with van der Waals surface area (Å²) >= 11 is 3.25. The fourth-order valence-electron chi connectivity index (χ4n) is 1.21. The van der Waals surface area contributed by atoms with E-state index in [4.69, 9.17) is 9.84 Å². The highest BCUT2D eigenvalue weighted by atomic mass is 79.9. The lowest BCUT2D eigenvalue weighted by Gasteiger charge is -2.08. The predicted octanol–water partition coefficient (Wildman–Crippen LogP) is 1.75. The fourth-order valence-corrected chi connectivity index (χ4v) is 1.75. The zero-order valence-corrected chi connectivity index (χ0v) is 11.9. The molecule has 3 N–H and O–H groups in total. The van der Waals surface area contributed by atoms with Crippen LogP contribution in [0.2, 0.25) is 0 Å². The number of halogens is 1. The highest BCUT2D eigenvalue weighted by Crippen LogP contribution is 2.27. The first-order valence-corrected chi connectivity index (χ1v) is 6.08. The summed E-state index contributed by atoms with van der Waals surface area (Å²) < 4.78 is 5.66. The quantitative estimate of drug-likeness (QED) is 0.723. The highest BCUT2D eigenvalue weighted by molar-refractivity contribution is 9.10. The molecule has 0 radical (unpaired) electrons. The van der Waals surface area contributed by atoms with Crippen molar-refractivity contribution in [2.75, 3.05) is 12.4 Å². The minimum atomic E-state index is -1.28. The van der Waals surface area contributed by atoms with Crippen LogP contribution in [-0.4, -0.2) is 30.1 Å². The Balaban J connectivity index is 2.60. The third kappa shape index (κ3) is 5.11. The van der Waals surface area contributed by atoms with Gasteiger partial charge < -0.3 is 15.2 Å². The average Bonchev–Trinajstić information content (AvgIpc) is 2.36. The zero-order chi connectivity index (χ0) is 15.1. The van der Waals surface area contributed by atoms with Crippen molar-refractivity contribution in [1.29, 1.82) is 0 Å². The Hall–Kier alpha value is -2.35. The smallest absolute Gasteiger partial charge is 0.328 e. The molecule has 0 fully saturated rings. The molecule has 0 aliphatic rings. The van der Waals surface area contributed by atoms with Crippen LogP contribution >= 0.6 is 15.9 Å². The van der Waals surface area contributed by atoms with Crippen LogP contribution in [0.1, 0.15) is 0 Å². The Morgan fingerprint density at radius 1 is 1.30 bits per heavy atom. The van der Waals surface area contributed by atoms with Gasteiger partial charge in [-0.1, -0.05) is 0 Å². The van der Waals surface area contributed by atoms with Gasteiger partial charge in [0.1, 0.15) is 5.75 Å². The summed E-state index contributed by atoms with van der Waals surface area (Å²) in [6.45, 7) is 0. The number of urea groups is 1. The third-order valence-corrected chi connectivity index (χ3v) is 2.64. The number of hydrogen-bond acceptors (Lipinski definition) is 4. The summed E-state index contributed by atoms with van der Waals surface area (Å²) in [7, 11) is 1.51. The number of imide groups is 1. The Kier molecular flexibility index (Phi) is 5.73. The minimum absolute atomic E-state index is 0.435. The number of aliphatic carboxylic acids is 1. The van der Waals surface area contributed by atoms with Gasteiger partial charge in [0.2, 0.25) is 0 Å². The molecule has 7 nitrogen and oxygen atoms in total. The van der Waals surface area contributed by atoms with Crippen LogP contribution in [0.5, 0.6) is 5.75 Å². The van der Waals surface area contributed by atoms with E-state index in [2.05, 4.69) is 21.2 Å². The van der Waals surface area contributed by atoms with Gasteiger partial charge in [-0.25, -0.2) is 9.59 Å². The van der Waals surface area contributed by atoms with Crippen LogP contribution < -0.4 is 15.4 Å². The summed E-state index contributed by atoms with van der Waals surface area (Å²) in [4.78, 5) is 32.8. The molecule has 0 saturated carbocycles. The molecule has 0 aliphatic heterocycles. The van der Waals surface area contributed by atoms with E-state index in [0.717, 1.165) is 6.08 Å². The number of hydrogen-bond donors (Lipinski definition) is 3. The molecule has 0 heterocycles. The number of carboxylic acids is 1. The molecule has 0 unspecified atom stereocenters. The van der Waals surface area contributed by atoms with Gasteiger partial charge in [-0.3, -0.25) is 10.1 Å². The van der Waals surface area contributed by atoms with E-state index in [0.29, 0.717) is 22.0 Å². The Bertz CT molecular complexity index is 571. The van der Waals surface area contributed by atoms with E-state index in [1.165, 1.54) is 7.11 Å². The lowest BCUT2D eigenvalue weighted by molar-refractivity contribution is -0.131. The van der Waals surface area contributed by atoms with Crippen molar-refractivity contribution in [1.82, 2.24) is 5.32 Å². The second-order valence-corrected chi connectivity index (χ2v) is 4.32. The molecule has 0 atom stereocenters. The van der Waals surface area contributed by atoms with Crippen LogP contribution in [0, 0.1) is 0 Å². The standard InChI is InChI=1S/C12H11BrN2O5/c1-20-9-3-2-7(6-8(9)13)14-12(19)15-10(16)4-5-11(17)18/h2-6H,1H3,(H,17,18)(H2,14,15,16,19). The van der Waals surface area contributed by atoms with Crippen molar-refractivity contribution >= 4 is 39.5 Å². The lowest BCUT2D eigenvalue weighted by Crippen LogP contribution is -2.33. The molecule has 0 saturated heterocycles.